The van der Waals surface area contributed by atoms with Crippen LogP contribution in [0.1, 0.15) is 11.1 Å². The van der Waals surface area contributed by atoms with Crippen molar-refractivity contribution in [1.29, 1.82) is 0 Å². The van der Waals surface area contributed by atoms with Crippen molar-refractivity contribution < 1.29 is 9.47 Å². The molecule has 0 radical (unpaired) electrons. The van der Waals surface area contributed by atoms with Gasteiger partial charge in [-0.1, -0.05) is 36.4 Å². The Morgan fingerprint density at radius 1 is 0.655 bits per heavy atom. The Bertz CT molecular complexity index is 851. The van der Waals surface area contributed by atoms with E-state index in [-0.39, 0.29) is 6.79 Å². The van der Waals surface area contributed by atoms with Crippen LogP contribution in [0.2, 0.25) is 0 Å². The van der Waals surface area contributed by atoms with E-state index < -0.39 is 0 Å². The largest absolute Gasteiger partial charge is 0.458 e. The molecule has 2 aliphatic rings. The molecule has 0 saturated carbocycles. The number of ether oxygens (including phenoxy) is 2. The first-order valence-corrected chi connectivity index (χ1v) is 9.74. The molecule has 2 heterocycles. The van der Waals surface area contributed by atoms with Crippen molar-refractivity contribution in [3.63, 3.8) is 0 Å². The average molecular weight is 388 g/mol. The van der Waals surface area contributed by atoms with Crippen LogP contribution >= 0.6 is 0 Å². The van der Waals surface area contributed by atoms with Crippen LogP contribution in [0, 0.1) is 0 Å². The SMILES string of the molecule is C(=C\c1ccc(OCOc2ccc(/C=C/C3=NCCN3)cc2)cc1)/C1=NCCN1. The molecule has 6 heteroatoms. The van der Waals surface area contributed by atoms with Crippen molar-refractivity contribution in [1.82, 2.24) is 10.6 Å². The van der Waals surface area contributed by atoms with Crippen molar-refractivity contribution in [2.45, 2.75) is 0 Å². The molecular weight excluding hydrogens is 364 g/mol. The van der Waals surface area contributed by atoms with E-state index in [1.54, 1.807) is 0 Å². The van der Waals surface area contributed by atoms with Crippen LogP contribution in [0.3, 0.4) is 0 Å². The summed E-state index contributed by atoms with van der Waals surface area (Å²) >= 11 is 0. The molecule has 0 amide bonds. The Morgan fingerprint density at radius 2 is 1.10 bits per heavy atom. The second-order valence-electron chi connectivity index (χ2n) is 6.60. The molecule has 0 aliphatic carbocycles. The van der Waals surface area contributed by atoms with Gasteiger partial charge in [-0.2, -0.15) is 0 Å². The van der Waals surface area contributed by atoms with Gasteiger partial charge in [-0.15, -0.1) is 0 Å². The van der Waals surface area contributed by atoms with Crippen molar-refractivity contribution >= 4 is 23.8 Å². The Balaban J connectivity index is 1.22. The zero-order valence-electron chi connectivity index (χ0n) is 16.2. The Labute approximate surface area is 170 Å². The molecule has 0 unspecified atom stereocenters. The smallest absolute Gasteiger partial charge is 0.230 e. The van der Waals surface area contributed by atoms with Crippen LogP contribution in [0.4, 0.5) is 0 Å². The van der Waals surface area contributed by atoms with Gasteiger partial charge in [0.2, 0.25) is 6.79 Å². The van der Waals surface area contributed by atoms with Gasteiger partial charge in [0.25, 0.3) is 0 Å². The molecule has 0 bridgehead atoms. The zero-order valence-corrected chi connectivity index (χ0v) is 16.2. The number of hydrogen-bond donors (Lipinski definition) is 2. The van der Waals surface area contributed by atoms with Crippen molar-refractivity contribution in [3.05, 3.63) is 71.8 Å². The standard InChI is InChI=1S/C23H24N4O2/c1-7-20(8-2-18(1)5-11-22-24-13-14-25-22)28-17-29-21-9-3-19(4-10-21)6-12-23-26-15-16-27-23/h1-12H,13-17H2,(H,24,25)(H,26,27)/b11-5+,12-6+. The number of hydrogen-bond acceptors (Lipinski definition) is 6. The van der Waals surface area contributed by atoms with Gasteiger partial charge in [0.15, 0.2) is 0 Å². The lowest BCUT2D eigenvalue weighted by molar-refractivity contribution is 0.120. The van der Waals surface area contributed by atoms with Gasteiger partial charge < -0.3 is 20.1 Å². The van der Waals surface area contributed by atoms with Crippen LogP contribution in [0.15, 0.2) is 70.7 Å². The predicted octanol–water partition coefficient (Wildman–Crippen LogP) is 3.13. The second kappa shape index (κ2) is 9.59. The summed E-state index contributed by atoms with van der Waals surface area (Å²) < 4.78 is 11.3. The molecule has 6 nitrogen and oxygen atoms in total. The number of benzene rings is 2. The lowest BCUT2D eigenvalue weighted by Crippen LogP contribution is -2.15. The van der Waals surface area contributed by atoms with Gasteiger partial charge in [0.1, 0.15) is 23.2 Å². The van der Waals surface area contributed by atoms with Crippen molar-refractivity contribution in [3.8, 4) is 11.5 Å². The third kappa shape index (κ3) is 5.72. The average Bonchev–Trinajstić information content (AvgIpc) is 3.47. The van der Waals surface area contributed by atoms with Gasteiger partial charge in [-0.25, -0.2) is 0 Å². The fourth-order valence-corrected chi connectivity index (χ4v) is 2.92. The maximum atomic E-state index is 5.67. The number of nitrogens with zero attached hydrogens (tertiary/aromatic N) is 2. The summed E-state index contributed by atoms with van der Waals surface area (Å²) in [5, 5.41) is 6.43. The first-order chi connectivity index (χ1) is 14.3. The summed E-state index contributed by atoms with van der Waals surface area (Å²) in [6.07, 6.45) is 8.04. The lowest BCUT2D eigenvalue weighted by atomic mass is 10.2. The Kier molecular flexibility index (Phi) is 6.22. The summed E-state index contributed by atoms with van der Waals surface area (Å²) in [4.78, 5) is 8.67. The summed E-state index contributed by atoms with van der Waals surface area (Å²) in [5.41, 5.74) is 2.19. The van der Waals surface area contributed by atoms with Gasteiger partial charge in [-0.05, 0) is 47.5 Å². The quantitative estimate of drug-likeness (QED) is 0.682. The van der Waals surface area contributed by atoms with E-state index in [0.717, 1.165) is 60.5 Å². The maximum Gasteiger partial charge on any atom is 0.230 e. The fraction of sp³-hybridized carbons (Fsp3) is 0.217. The van der Waals surface area contributed by atoms with E-state index in [4.69, 9.17) is 9.47 Å². The van der Waals surface area contributed by atoms with E-state index in [9.17, 15) is 0 Å². The van der Waals surface area contributed by atoms with E-state index in [0.29, 0.717) is 0 Å². The monoisotopic (exact) mass is 388 g/mol. The normalized spacial score (nSPS) is 15.9. The minimum absolute atomic E-state index is 0.159. The molecule has 148 valence electrons. The minimum Gasteiger partial charge on any atom is -0.458 e. The molecule has 0 aromatic heterocycles. The highest BCUT2D eigenvalue weighted by Crippen LogP contribution is 2.16. The molecule has 0 fully saturated rings. The van der Waals surface area contributed by atoms with Crippen LogP contribution in [-0.2, 0) is 0 Å². The van der Waals surface area contributed by atoms with Crippen LogP contribution in [0.5, 0.6) is 11.5 Å². The molecule has 0 spiro atoms. The lowest BCUT2D eigenvalue weighted by Gasteiger charge is -2.09. The van der Waals surface area contributed by atoms with Gasteiger partial charge in [0, 0.05) is 13.1 Å². The van der Waals surface area contributed by atoms with E-state index in [2.05, 4.69) is 20.6 Å². The number of amidine groups is 2. The van der Waals surface area contributed by atoms with Gasteiger partial charge >= 0.3 is 0 Å². The van der Waals surface area contributed by atoms with E-state index >= 15 is 0 Å². The topological polar surface area (TPSA) is 67.2 Å². The highest BCUT2D eigenvalue weighted by atomic mass is 16.7. The summed E-state index contributed by atoms with van der Waals surface area (Å²) in [6, 6.07) is 15.7. The number of nitrogens with one attached hydrogen (secondary N) is 2. The van der Waals surface area contributed by atoms with Crippen molar-refractivity contribution in [2.75, 3.05) is 33.0 Å². The molecular formula is C23H24N4O2. The van der Waals surface area contributed by atoms with Crippen molar-refractivity contribution in [2.24, 2.45) is 9.98 Å². The minimum atomic E-state index is 0.159. The first-order valence-electron chi connectivity index (χ1n) is 9.74. The third-order valence-electron chi connectivity index (χ3n) is 4.48. The summed E-state index contributed by atoms with van der Waals surface area (Å²) in [6.45, 7) is 3.68. The van der Waals surface area contributed by atoms with E-state index in [1.165, 1.54) is 0 Å². The van der Waals surface area contributed by atoms with E-state index in [1.807, 2.05) is 72.8 Å². The highest BCUT2D eigenvalue weighted by Gasteiger charge is 2.01. The highest BCUT2D eigenvalue weighted by molar-refractivity contribution is 5.97. The molecule has 4 rings (SSSR count). The molecule has 29 heavy (non-hydrogen) atoms. The Hall–Kier alpha value is -3.54. The van der Waals surface area contributed by atoms with Crippen LogP contribution in [-0.4, -0.2) is 44.6 Å². The summed E-state index contributed by atoms with van der Waals surface area (Å²) in [5.74, 6) is 3.40. The zero-order chi connectivity index (χ0) is 19.7. The second-order valence-corrected chi connectivity index (χ2v) is 6.60. The molecule has 0 atom stereocenters. The molecule has 2 aliphatic heterocycles. The van der Waals surface area contributed by atoms with Crippen LogP contribution in [0.25, 0.3) is 12.2 Å². The molecule has 0 saturated heterocycles. The maximum absolute atomic E-state index is 5.67. The first kappa shape index (κ1) is 18.8. The summed E-state index contributed by atoms with van der Waals surface area (Å²) in [7, 11) is 0. The van der Waals surface area contributed by atoms with Crippen LogP contribution < -0.4 is 20.1 Å². The molecule has 2 N–H and O–H groups in total. The third-order valence-corrected chi connectivity index (χ3v) is 4.48. The van der Waals surface area contributed by atoms with Gasteiger partial charge in [0.05, 0.1) is 13.1 Å². The number of aliphatic imine (C=N–C) groups is 2. The fourth-order valence-electron chi connectivity index (χ4n) is 2.92. The molecule has 2 aromatic carbocycles. The number of rotatable bonds is 8. The Morgan fingerprint density at radius 3 is 1.48 bits per heavy atom. The van der Waals surface area contributed by atoms with Gasteiger partial charge in [-0.3, -0.25) is 9.98 Å². The predicted molar refractivity (Wildman–Crippen MR) is 118 cm³/mol. The molecule has 2 aromatic rings.